The van der Waals surface area contributed by atoms with E-state index in [0.717, 1.165) is 38.2 Å². The van der Waals surface area contributed by atoms with Crippen molar-refractivity contribution < 1.29 is 9.53 Å². The maximum Gasteiger partial charge on any atom is 0.411 e. The molecule has 0 spiro atoms. The second-order valence-corrected chi connectivity index (χ2v) is 6.15. The van der Waals surface area contributed by atoms with Crippen LogP contribution >= 0.6 is 0 Å². The number of carbonyl (C=O) groups excluding carboxylic acids is 1. The summed E-state index contributed by atoms with van der Waals surface area (Å²) in [6.45, 7) is 7.18. The first-order valence-corrected chi connectivity index (χ1v) is 8.46. The number of piperidine rings is 1. The molecule has 0 saturated carbocycles. The van der Waals surface area contributed by atoms with Gasteiger partial charge >= 0.3 is 6.09 Å². The van der Waals surface area contributed by atoms with Crippen LogP contribution in [0.2, 0.25) is 0 Å². The van der Waals surface area contributed by atoms with Gasteiger partial charge in [-0.05, 0) is 57.0 Å². The molecule has 1 aliphatic rings. The molecule has 122 valence electrons. The number of anilines is 1. The van der Waals surface area contributed by atoms with Crippen LogP contribution in [-0.4, -0.2) is 36.7 Å². The summed E-state index contributed by atoms with van der Waals surface area (Å²) in [5.41, 5.74) is 2.08. The van der Waals surface area contributed by atoms with Crippen molar-refractivity contribution in [2.75, 3.05) is 25.0 Å². The second kappa shape index (κ2) is 8.79. The van der Waals surface area contributed by atoms with Gasteiger partial charge in [-0.3, -0.25) is 10.2 Å². The van der Waals surface area contributed by atoms with Crippen molar-refractivity contribution in [1.29, 1.82) is 0 Å². The molecule has 0 bridgehead atoms. The zero-order valence-electron chi connectivity index (χ0n) is 13.8. The van der Waals surface area contributed by atoms with Crippen LogP contribution in [0.4, 0.5) is 10.5 Å². The Labute approximate surface area is 133 Å². The van der Waals surface area contributed by atoms with E-state index >= 15 is 0 Å². The van der Waals surface area contributed by atoms with Crippen LogP contribution < -0.4 is 5.32 Å². The molecule has 22 heavy (non-hydrogen) atoms. The van der Waals surface area contributed by atoms with Gasteiger partial charge < -0.3 is 4.74 Å². The molecule has 1 atom stereocenters. The lowest BCUT2D eigenvalue weighted by atomic mass is 10.1. The summed E-state index contributed by atoms with van der Waals surface area (Å²) in [5.74, 6) is 0. The number of nitrogens with zero attached hydrogens (tertiary/aromatic N) is 1. The summed E-state index contributed by atoms with van der Waals surface area (Å²) in [6, 6.07) is 7.97. The smallest absolute Gasteiger partial charge is 0.411 e. The molecule has 0 aliphatic carbocycles. The Balaban J connectivity index is 1.74. The summed E-state index contributed by atoms with van der Waals surface area (Å²) in [6.07, 6.45) is 5.57. The van der Waals surface area contributed by atoms with Crippen LogP contribution in [0.15, 0.2) is 24.3 Å². The molecule has 1 aromatic rings. The van der Waals surface area contributed by atoms with E-state index in [0.29, 0.717) is 0 Å². The van der Waals surface area contributed by atoms with E-state index in [1.54, 1.807) is 0 Å². The standard InChI is InChI=1S/C18H28N2O2/c1-3-7-16-8-10-17(11-9-16)19-18(21)22-15(2)14-20-12-5-4-6-13-20/h8-11,15H,3-7,12-14H2,1-2H3,(H,19,21)/t15-/m0/s1. The molecule has 1 aliphatic heterocycles. The largest absolute Gasteiger partial charge is 0.445 e. The summed E-state index contributed by atoms with van der Waals surface area (Å²) < 4.78 is 5.44. The Morgan fingerprint density at radius 3 is 2.55 bits per heavy atom. The van der Waals surface area contributed by atoms with Crippen molar-refractivity contribution >= 4 is 11.8 Å². The van der Waals surface area contributed by atoms with E-state index in [1.807, 2.05) is 19.1 Å². The van der Waals surface area contributed by atoms with Gasteiger partial charge in [0.25, 0.3) is 0 Å². The lowest BCUT2D eigenvalue weighted by Gasteiger charge is -2.28. The zero-order chi connectivity index (χ0) is 15.8. The Morgan fingerprint density at radius 2 is 1.91 bits per heavy atom. The quantitative estimate of drug-likeness (QED) is 0.861. The molecule has 1 heterocycles. The molecular weight excluding hydrogens is 276 g/mol. The Kier molecular flexibility index (Phi) is 6.72. The van der Waals surface area contributed by atoms with Crippen molar-refractivity contribution in [3.8, 4) is 0 Å². The van der Waals surface area contributed by atoms with Crippen molar-refractivity contribution in [2.24, 2.45) is 0 Å². The number of hydrogen-bond donors (Lipinski definition) is 1. The second-order valence-electron chi connectivity index (χ2n) is 6.15. The number of carbonyl (C=O) groups is 1. The van der Waals surface area contributed by atoms with E-state index in [2.05, 4.69) is 29.3 Å². The van der Waals surface area contributed by atoms with E-state index in [-0.39, 0.29) is 12.2 Å². The average molecular weight is 304 g/mol. The summed E-state index contributed by atoms with van der Waals surface area (Å²) >= 11 is 0. The van der Waals surface area contributed by atoms with Gasteiger partial charge in [0, 0.05) is 12.2 Å². The maximum absolute atomic E-state index is 11.9. The van der Waals surface area contributed by atoms with Crippen molar-refractivity contribution in [2.45, 2.75) is 52.1 Å². The highest BCUT2D eigenvalue weighted by atomic mass is 16.6. The number of likely N-dealkylation sites (tertiary alicyclic amines) is 1. The van der Waals surface area contributed by atoms with Crippen molar-refractivity contribution in [3.05, 3.63) is 29.8 Å². The predicted molar refractivity (Wildman–Crippen MR) is 90.3 cm³/mol. The first-order chi connectivity index (χ1) is 10.7. The number of rotatable bonds is 6. The number of aryl methyl sites for hydroxylation is 1. The number of ether oxygens (including phenoxy) is 1. The van der Waals surface area contributed by atoms with Crippen LogP contribution in [0.1, 0.15) is 45.1 Å². The molecule has 0 aromatic heterocycles. The molecule has 0 radical (unpaired) electrons. The first-order valence-electron chi connectivity index (χ1n) is 8.46. The molecule has 2 rings (SSSR count). The van der Waals surface area contributed by atoms with Gasteiger partial charge in [0.1, 0.15) is 6.10 Å². The minimum Gasteiger partial charge on any atom is -0.445 e. The highest BCUT2D eigenvalue weighted by molar-refractivity contribution is 5.84. The van der Waals surface area contributed by atoms with Crippen LogP contribution in [0, 0.1) is 0 Å². The number of amides is 1. The third kappa shape index (κ3) is 5.68. The van der Waals surface area contributed by atoms with Gasteiger partial charge in [-0.25, -0.2) is 4.79 Å². The fraction of sp³-hybridized carbons (Fsp3) is 0.611. The molecule has 0 unspecified atom stereocenters. The number of hydrogen-bond acceptors (Lipinski definition) is 3. The van der Waals surface area contributed by atoms with Crippen molar-refractivity contribution in [1.82, 2.24) is 4.90 Å². The molecule has 4 heteroatoms. The first kappa shape index (κ1) is 16.8. The lowest BCUT2D eigenvalue weighted by molar-refractivity contribution is 0.0833. The summed E-state index contributed by atoms with van der Waals surface area (Å²) in [7, 11) is 0. The summed E-state index contributed by atoms with van der Waals surface area (Å²) in [4.78, 5) is 14.3. The molecule has 1 aromatic carbocycles. The fourth-order valence-electron chi connectivity index (χ4n) is 2.92. The van der Waals surface area contributed by atoms with Crippen LogP contribution in [0.25, 0.3) is 0 Å². The van der Waals surface area contributed by atoms with Gasteiger partial charge in [0.15, 0.2) is 0 Å². The monoisotopic (exact) mass is 304 g/mol. The maximum atomic E-state index is 11.9. The third-order valence-corrected chi connectivity index (χ3v) is 4.01. The zero-order valence-corrected chi connectivity index (χ0v) is 13.8. The average Bonchev–Trinajstić information content (AvgIpc) is 2.50. The minimum absolute atomic E-state index is 0.0857. The van der Waals surface area contributed by atoms with Gasteiger partial charge in [-0.1, -0.05) is 31.9 Å². The van der Waals surface area contributed by atoms with Gasteiger partial charge in [0.2, 0.25) is 0 Å². The number of benzene rings is 1. The normalized spacial score (nSPS) is 17.0. The Morgan fingerprint density at radius 1 is 1.23 bits per heavy atom. The third-order valence-electron chi connectivity index (χ3n) is 4.01. The molecule has 1 fully saturated rings. The van der Waals surface area contributed by atoms with Crippen LogP contribution in [-0.2, 0) is 11.2 Å². The van der Waals surface area contributed by atoms with Gasteiger partial charge in [0.05, 0.1) is 0 Å². The molecular formula is C18H28N2O2. The van der Waals surface area contributed by atoms with E-state index < -0.39 is 0 Å². The van der Waals surface area contributed by atoms with Crippen molar-refractivity contribution in [3.63, 3.8) is 0 Å². The van der Waals surface area contributed by atoms with Crippen LogP contribution in [0.5, 0.6) is 0 Å². The molecule has 1 amide bonds. The molecule has 1 N–H and O–H groups in total. The van der Waals surface area contributed by atoms with E-state index in [4.69, 9.17) is 4.74 Å². The Bertz CT molecular complexity index is 453. The topological polar surface area (TPSA) is 41.6 Å². The SMILES string of the molecule is CCCc1ccc(NC(=O)O[C@@H](C)CN2CCCCC2)cc1. The summed E-state index contributed by atoms with van der Waals surface area (Å²) in [5, 5.41) is 2.80. The Hall–Kier alpha value is -1.55. The minimum atomic E-state index is -0.368. The van der Waals surface area contributed by atoms with E-state index in [9.17, 15) is 4.79 Å². The fourth-order valence-corrected chi connectivity index (χ4v) is 2.92. The highest BCUT2D eigenvalue weighted by Crippen LogP contribution is 2.13. The van der Waals surface area contributed by atoms with Crippen LogP contribution in [0.3, 0.4) is 0 Å². The highest BCUT2D eigenvalue weighted by Gasteiger charge is 2.16. The van der Waals surface area contributed by atoms with E-state index in [1.165, 1.54) is 24.8 Å². The lowest BCUT2D eigenvalue weighted by Crippen LogP contribution is -2.37. The molecule has 4 nitrogen and oxygen atoms in total. The predicted octanol–water partition coefficient (Wildman–Crippen LogP) is 4.06. The van der Waals surface area contributed by atoms with Gasteiger partial charge in [-0.15, -0.1) is 0 Å². The number of nitrogens with one attached hydrogen (secondary N) is 1. The molecule has 1 saturated heterocycles. The van der Waals surface area contributed by atoms with Gasteiger partial charge in [-0.2, -0.15) is 0 Å².